The van der Waals surface area contributed by atoms with Gasteiger partial charge in [-0.2, -0.15) is 0 Å². The highest BCUT2D eigenvalue weighted by molar-refractivity contribution is 5.89. The summed E-state index contributed by atoms with van der Waals surface area (Å²) >= 11 is 0. The Labute approximate surface area is 139 Å². The fourth-order valence-corrected chi connectivity index (χ4v) is 2.90. The van der Waals surface area contributed by atoms with Crippen molar-refractivity contribution < 1.29 is 14.3 Å². The molecule has 1 aromatic rings. The van der Waals surface area contributed by atoms with Gasteiger partial charge in [-0.25, -0.2) is 4.79 Å². The van der Waals surface area contributed by atoms with E-state index in [9.17, 15) is 4.79 Å². The predicted octanol–water partition coefficient (Wildman–Crippen LogP) is 3.86. The molecule has 0 aromatic heterocycles. The van der Waals surface area contributed by atoms with Crippen LogP contribution in [0.4, 0.5) is 0 Å². The van der Waals surface area contributed by atoms with Crippen molar-refractivity contribution in [2.75, 3.05) is 13.2 Å². The first-order valence-electron chi connectivity index (χ1n) is 8.57. The Morgan fingerprint density at radius 1 is 1.26 bits per heavy atom. The summed E-state index contributed by atoms with van der Waals surface area (Å²) in [7, 11) is 0. The lowest BCUT2D eigenvalue weighted by molar-refractivity contribution is 0.00694. The van der Waals surface area contributed by atoms with E-state index in [0.29, 0.717) is 11.7 Å². The third kappa shape index (κ3) is 5.63. The highest BCUT2D eigenvalue weighted by Crippen LogP contribution is 2.25. The average Bonchev–Trinajstić information content (AvgIpc) is 2.72. The Morgan fingerprint density at radius 2 is 1.96 bits per heavy atom. The number of ether oxygens (including phenoxy) is 2. The van der Waals surface area contributed by atoms with Gasteiger partial charge in [0.05, 0.1) is 11.7 Å². The topological polar surface area (TPSA) is 47.6 Å². The molecule has 0 spiro atoms. The van der Waals surface area contributed by atoms with Crippen molar-refractivity contribution in [3.8, 4) is 0 Å². The molecule has 0 amide bonds. The minimum Gasteiger partial charge on any atom is -0.456 e. The Morgan fingerprint density at radius 3 is 2.57 bits per heavy atom. The fraction of sp³-hybridized carbons (Fsp3) is 0.632. The molecule has 1 aromatic carbocycles. The van der Waals surface area contributed by atoms with E-state index in [1.807, 2.05) is 52.0 Å². The van der Waals surface area contributed by atoms with Crippen LogP contribution in [0.2, 0.25) is 0 Å². The Hall–Kier alpha value is -1.39. The second-order valence-corrected chi connectivity index (χ2v) is 7.09. The highest BCUT2D eigenvalue weighted by Gasteiger charge is 2.22. The summed E-state index contributed by atoms with van der Waals surface area (Å²) in [5.41, 5.74) is 1.33. The molecule has 0 unspecified atom stereocenters. The highest BCUT2D eigenvalue weighted by atomic mass is 16.6. The van der Waals surface area contributed by atoms with Crippen LogP contribution < -0.4 is 5.32 Å². The first-order chi connectivity index (χ1) is 10.9. The van der Waals surface area contributed by atoms with E-state index < -0.39 is 5.60 Å². The van der Waals surface area contributed by atoms with E-state index in [-0.39, 0.29) is 12.0 Å². The zero-order valence-corrected chi connectivity index (χ0v) is 14.7. The van der Waals surface area contributed by atoms with Gasteiger partial charge in [-0.1, -0.05) is 12.1 Å². The zero-order valence-electron chi connectivity index (χ0n) is 14.7. The molecule has 0 saturated carbocycles. The third-order valence-corrected chi connectivity index (χ3v) is 3.94. The van der Waals surface area contributed by atoms with Gasteiger partial charge in [-0.3, -0.25) is 0 Å². The van der Waals surface area contributed by atoms with Crippen molar-refractivity contribution in [2.24, 2.45) is 0 Å². The molecule has 128 valence electrons. The second-order valence-electron chi connectivity index (χ2n) is 7.09. The third-order valence-electron chi connectivity index (χ3n) is 3.94. The number of rotatable bonds is 4. The SMILES string of the molecule is CCO[C@@H]1CCCN[C@@H](c2ccc(C(=O)OC(C)(C)C)cc2)C1. The van der Waals surface area contributed by atoms with Gasteiger partial charge in [0.1, 0.15) is 5.60 Å². The summed E-state index contributed by atoms with van der Waals surface area (Å²) < 4.78 is 11.2. The van der Waals surface area contributed by atoms with Crippen LogP contribution >= 0.6 is 0 Å². The minimum absolute atomic E-state index is 0.273. The van der Waals surface area contributed by atoms with Gasteiger partial charge in [0.2, 0.25) is 0 Å². The predicted molar refractivity (Wildman–Crippen MR) is 91.6 cm³/mol. The number of hydrogen-bond donors (Lipinski definition) is 1. The molecule has 2 rings (SSSR count). The van der Waals surface area contributed by atoms with Crippen LogP contribution in [0, 0.1) is 0 Å². The molecule has 23 heavy (non-hydrogen) atoms. The zero-order chi connectivity index (χ0) is 16.9. The van der Waals surface area contributed by atoms with Crippen LogP contribution in [0.3, 0.4) is 0 Å². The molecule has 1 fully saturated rings. The maximum absolute atomic E-state index is 12.1. The van der Waals surface area contributed by atoms with Crippen molar-refractivity contribution >= 4 is 5.97 Å². The van der Waals surface area contributed by atoms with E-state index in [1.54, 1.807) is 0 Å². The van der Waals surface area contributed by atoms with Gasteiger partial charge < -0.3 is 14.8 Å². The van der Waals surface area contributed by atoms with Crippen LogP contribution in [-0.4, -0.2) is 30.8 Å². The molecule has 1 heterocycles. The monoisotopic (exact) mass is 319 g/mol. The van der Waals surface area contributed by atoms with Crippen molar-refractivity contribution in [1.29, 1.82) is 0 Å². The first kappa shape index (κ1) is 18.0. The Bertz CT molecular complexity index is 504. The van der Waals surface area contributed by atoms with Crippen LogP contribution in [0.25, 0.3) is 0 Å². The van der Waals surface area contributed by atoms with Gasteiger partial charge in [-0.15, -0.1) is 0 Å². The number of esters is 1. The lowest BCUT2D eigenvalue weighted by Gasteiger charge is -2.22. The number of benzene rings is 1. The van der Waals surface area contributed by atoms with Gasteiger partial charge in [0, 0.05) is 12.6 Å². The van der Waals surface area contributed by atoms with Crippen LogP contribution in [-0.2, 0) is 9.47 Å². The molecule has 0 radical (unpaired) electrons. The normalized spacial score (nSPS) is 22.4. The molecule has 4 nitrogen and oxygen atoms in total. The number of carbonyl (C=O) groups is 1. The summed E-state index contributed by atoms with van der Waals surface area (Å²) in [6.07, 6.45) is 3.52. The van der Waals surface area contributed by atoms with E-state index in [2.05, 4.69) is 5.32 Å². The van der Waals surface area contributed by atoms with E-state index >= 15 is 0 Å². The molecule has 1 saturated heterocycles. The van der Waals surface area contributed by atoms with Crippen molar-refractivity contribution in [1.82, 2.24) is 5.32 Å². The van der Waals surface area contributed by atoms with Crippen LogP contribution in [0.15, 0.2) is 24.3 Å². The molecule has 0 aliphatic carbocycles. The maximum atomic E-state index is 12.1. The Balaban J connectivity index is 2.04. The average molecular weight is 319 g/mol. The van der Waals surface area contributed by atoms with E-state index in [4.69, 9.17) is 9.47 Å². The van der Waals surface area contributed by atoms with Crippen LogP contribution in [0.1, 0.15) is 68.9 Å². The summed E-state index contributed by atoms with van der Waals surface area (Å²) in [5.74, 6) is -0.273. The first-order valence-corrected chi connectivity index (χ1v) is 8.57. The fourth-order valence-electron chi connectivity index (χ4n) is 2.90. The number of carbonyl (C=O) groups excluding carboxylic acids is 1. The number of nitrogens with one attached hydrogen (secondary N) is 1. The minimum atomic E-state index is -0.469. The quantitative estimate of drug-likeness (QED) is 0.856. The molecule has 1 N–H and O–H groups in total. The van der Waals surface area contributed by atoms with Crippen molar-refractivity contribution in [3.63, 3.8) is 0 Å². The summed E-state index contributed by atoms with van der Waals surface area (Å²) in [5, 5.41) is 3.58. The maximum Gasteiger partial charge on any atom is 0.338 e. The molecule has 4 heteroatoms. The lowest BCUT2D eigenvalue weighted by atomic mass is 9.99. The van der Waals surface area contributed by atoms with E-state index in [0.717, 1.165) is 32.4 Å². The van der Waals surface area contributed by atoms with Gasteiger partial charge in [0.25, 0.3) is 0 Å². The van der Waals surface area contributed by atoms with Crippen molar-refractivity contribution in [2.45, 2.75) is 64.7 Å². The molecule has 0 bridgehead atoms. The lowest BCUT2D eigenvalue weighted by Crippen LogP contribution is -2.24. The molecule has 1 aliphatic heterocycles. The summed E-state index contributed by atoms with van der Waals surface area (Å²) in [6, 6.07) is 8.02. The molecule has 2 atom stereocenters. The number of hydrogen-bond acceptors (Lipinski definition) is 4. The second kappa shape index (κ2) is 7.93. The van der Waals surface area contributed by atoms with Gasteiger partial charge in [0.15, 0.2) is 0 Å². The Kier molecular flexibility index (Phi) is 6.19. The largest absolute Gasteiger partial charge is 0.456 e. The van der Waals surface area contributed by atoms with Crippen molar-refractivity contribution in [3.05, 3.63) is 35.4 Å². The smallest absolute Gasteiger partial charge is 0.338 e. The van der Waals surface area contributed by atoms with Crippen LogP contribution in [0.5, 0.6) is 0 Å². The van der Waals surface area contributed by atoms with E-state index in [1.165, 1.54) is 5.56 Å². The molecule has 1 aliphatic rings. The van der Waals surface area contributed by atoms with Gasteiger partial charge in [-0.05, 0) is 71.2 Å². The molecular formula is C19H29NO3. The summed E-state index contributed by atoms with van der Waals surface area (Å²) in [6.45, 7) is 9.44. The molecular weight excluding hydrogens is 290 g/mol. The summed E-state index contributed by atoms with van der Waals surface area (Å²) in [4.78, 5) is 12.1. The standard InChI is InChI=1S/C19H29NO3/c1-5-22-16-7-6-12-20-17(13-16)14-8-10-15(11-9-14)18(21)23-19(2,3)4/h8-11,16-17,20H,5-7,12-13H2,1-4H3/t16-,17-/m1/s1. The van der Waals surface area contributed by atoms with Gasteiger partial charge >= 0.3 is 5.97 Å².